The molecule has 1 rings (SSSR count). The fourth-order valence-electron chi connectivity index (χ4n) is 1.47. The number of carbonyl (C=O) groups is 1. The van der Waals surface area contributed by atoms with Gasteiger partial charge in [0.15, 0.2) is 0 Å². The van der Waals surface area contributed by atoms with Gasteiger partial charge < -0.3 is 26.2 Å². The number of nitrogens with one attached hydrogen (secondary N) is 1. The Balaban J connectivity index is 2.93. The highest BCUT2D eigenvalue weighted by atomic mass is 16.4. The van der Waals surface area contributed by atoms with E-state index in [0.717, 1.165) is 0 Å². The van der Waals surface area contributed by atoms with Gasteiger partial charge in [-0.25, -0.2) is 0 Å². The van der Waals surface area contributed by atoms with Crippen molar-refractivity contribution in [1.82, 2.24) is 5.32 Å². The molecule has 0 aromatic heterocycles. The third-order valence-electron chi connectivity index (χ3n) is 2.54. The van der Waals surface area contributed by atoms with Crippen molar-refractivity contribution >= 4 is 5.91 Å². The molecule has 0 bridgehead atoms. The molecule has 0 spiro atoms. The van der Waals surface area contributed by atoms with E-state index in [0.29, 0.717) is 0 Å². The van der Waals surface area contributed by atoms with Gasteiger partial charge in [0.05, 0.1) is 12.7 Å². The highest BCUT2D eigenvalue weighted by molar-refractivity contribution is 5.86. The Hall–Kier alpha value is -0.730. The molecule has 7 nitrogen and oxygen atoms in total. The Bertz CT molecular complexity index is 236. The highest BCUT2D eigenvalue weighted by Gasteiger charge is 2.51. The van der Waals surface area contributed by atoms with Gasteiger partial charge in [0.25, 0.3) is 0 Å². The average Bonchev–Trinajstić information content (AvgIpc) is 2.15. The van der Waals surface area contributed by atoms with Crippen molar-refractivity contribution in [3.63, 3.8) is 0 Å². The number of hydrogen-bond donors (Lipinski definition) is 6. The number of hydrogen-bond acceptors (Lipinski definition) is 6. The van der Waals surface area contributed by atoms with Crippen LogP contribution in [0.3, 0.4) is 0 Å². The van der Waals surface area contributed by atoms with Crippen molar-refractivity contribution in [2.24, 2.45) is 5.73 Å². The maximum atomic E-state index is 11.0. The van der Waals surface area contributed by atoms with Crippen molar-refractivity contribution in [3.05, 3.63) is 0 Å². The summed E-state index contributed by atoms with van der Waals surface area (Å²) in [6.07, 6.45) is -4.33. The zero-order valence-electron chi connectivity index (χ0n) is 7.42. The Morgan fingerprint density at radius 1 is 1.50 bits per heavy atom. The number of aliphatic hydroxyl groups excluding tert-OH is 4. The fraction of sp³-hybridized carbons (Fsp3) is 0.857. The average molecular weight is 206 g/mol. The van der Waals surface area contributed by atoms with Crippen LogP contribution in [-0.2, 0) is 4.79 Å². The van der Waals surface area contributed by atoms with Gasteiger partial charge in [-0.15, -0.1) is 0 Å². The van der Waals surface area contributed by atoms with Crippen molar-refractivity contribution in [2.45, 2.75) is 23.9 Å². The summed E-state index contributed by atoms with van der Waals surface area (Å²) >= 11 is 0. The number of nitrogens with two attached hydrogens (primary N) is 1. The number of primary amides is 1. The zero-order valence-corrected chi connectivity index (χ0v) is 7.42. The standard InChI is InChI=1S/C7H14N2O5/c8-6(14)7(2-10)5(13)4(12)3(11)1-9-7/h3-5,9-13H,1-2H2,(H2,8,14). The van der Waals surface area contributed by atoms with E-state index in [4.69, 9.17) is 15.9 Å². The number of aliphatic hydroxyl groups is 4. The second kappa shape index (κ2) is 3.79. The number of carbonyl (C=O) groups excluding carboxylic acids is 1. The minimum absolute atomic E-state index is 0.123. The van der Waals surface area contributed by atoms with Crippen LogP contribution < -0.4 is 11.1 Å². The minimum Gasteiger partial charge on any atom is -0.394 e. The molecule has 82 valence electrons. The lowest BCUT2D eigenvalue weighted by molar-refractivity contribution is -0.156. The monoisotopic (exact) mass is 206 g/mol. The Kier molecular flexibility index (Phi) is 3.07. The molecule has 0 radical (unpaired) electrons. The van der Waals surface area contributed by atoms with Gasteiger partial charge in [-0.05, 0) is 0 Å². The molecular weight excluding hydrogens is 192 g/mol. The van der Waals surface area contributed by atoms with E-state index in [-0.39, 0.29) is 6.54 Å². The van der Waals surface area contributed by atoms with E-state index >= 15 is 0 Å². The molecule has 1 heterocycles. The molecule has 0 aromatic carbocycles. The molecule has 1 aliphatic heterocycles. The maximum Gasteiger partial charge on any atom is 0.242 e. The number of piperidine rings is 1. The molecule has 7 N–H and O–H groups in total. The first-order valence-electron chi connectivity index (χ1n) is 4.15. The summed E-state index contributed by atoms with van der Waals surface area (Å²) in [4.78, 5) is 11.0. The van der Waals surface area contributed by atoms with E-state index < -0.39 is 36.4 Å². The molecule has 1 fully saturated rings. The topological polar surface area (TPSA) is 136 Å². The molecule has 4 unspecified atom stereocenters. The SMILES string of the molecule is NC(=O)C1(CO)NCC(O)C(O)C1O. The summed E-state index contributed by atoms with van der Waals surface area (Å²) in [5, 5.41) is 39.3. The first-order chi connectivity index (χ1) is 6.45. The number of amides is 1. The van der Waals surface area contributed by atoms with Crippen molar-refractivity contribution in [1.29, 1.82) is 0 Å². The van der Waals surface area contributed by atoms with Crippen LogP contribution in [0.5, 0.6) is 0 Å². The van der Waals surface area contributed by atoms with E-state index in [1.54, 1.807) is 0 Å². The lowest BCUT2D eigenvalue weighted by Gasteiger charge is -2.42. The molecule has 1 saturated heterocycles. The van der Waals surface area contributed by atoms with Crippen LogP contribution in [0.4, 0.5) is 0 Å². The normalized spacial score (nSPS) is 43.6. The summed E-state index contributed by atoms with van der Waals surface area (Å²) in [6.45, 7) is -0.866. The molecule has 0 aliphatic carbocycles. The highest BCUT2D eigenvalue weighted by Crippen LogP contribution is 2.20. The van der Waals surface area contributed by atoms with Crippen LogP contribution in [-0.4, -0.2) is 63.3 Å². The van der Waals surface area contributed by atoms with E-state index in [2.05, 4.69) is 5.32 Å². The molecule has 1 amide bonds. The Labute approximate surface area is 80.2 Å². The predicted molar refractivity (Wildman–Crippen MR) is 45.0 cm³/mol. The number of rotatable bonds is 2. The van der Waals surface area contributed by atoms with Gasteiger partial charge in [0, 0.05) is 6.54 Å². The zero-order chi connectivity index (χ0) is 10.9. The summed E-state index contributed by atoms with van der Waals surface area (Å²) in [6, 6.07) is 0. The quantitative estimate of drug-likeness (QED) is 0.272. The van der Waals surface area contributed by atoms with Crippen molar-refractivity contribution < 1.29 is 25.2 Å². The second-order valence-corrected chi connectivity index (χ2v) is 3.38. The molecule has 1 aliphatic rings. The summed E-state index contributed by atoms with van der Waals surface area (Å²) < 4.78 is 0. The molecule has 0 aromatic rings. The minimum atomic E-state index is -1.78. The van der Waals surface area contributed by atoms with Crippen molar-refractivity contribution in [3.8, 4) is 0 Å². The van der Waals surface area contributed by atoms with Gasteiger partial charge in [-0.1, -0.05) is 0 Å². The van der Waals surface area contributed by atoms with E-state index in [1.807, 2.05) is 0 Å². The predicted octanol–water partition coefficient (Wildman–Crippen LogP) is -4.11. The summed E-state index contributed by atoms with van der Waals surface area (Å²) in [7, 11) is 0. The van der Waals surface area contributed by atoms with Crippen LogP contribution in [0.15, 0.2) is 0 Å². The number of β-amino-alcohol motifs (C(OH)–C–C–N with tert-alkyl or cyclic N) is 1. The Morgan fingerprint density at radius 2 is 2.07 bits per heavy atom. The van der Waals surface area contributed by atoms with Gasteiger partial charge >= 0.3 is 0 Å². The molecule has 0 saturated carbocycles. The van der Waals surface area contributed by atoms with Crippen LogP contribution in [0.1, 0.15) is 0 Å². The third-order valence-corrected chi connectivity index (χ3v) is 2.54. The summed E-state index contributed by atoms with van der Waals surface area (Å²) in [5.41, 5.74) is 3.22. The van der Waals surface area contributed by atoms with Crippen LogP contribution in [0.2, 0.25) is 0 Å². The van der Waals surface area contributed by atoms with E-state index in [9.17, 15) is 15.0 Å². The molecule has 4 atom stereocenters. The van der Waals surface area contributed by atoms with E-state index in [1.165, 1.54) is 0 Å². The van der Waals surface area contributed by atoms with Crippen LogP contribution >= 0.6 is 0 Å². The van der Waals surface area contributed by atoms with Gasteiger partial charge in [-0.2, -0.15) is 0 Å². The van der Waals surface area contributed by atoms with Gasteiger partial charge in [0.2, 0.25) is 5.91 Å². The van der Waals surface area contributed by atoms with Gasteiger partial charge in [0.1, 0.15) is 17.7 Å². The van der Waals surface area contributed by atoms with Gasteiger partial charge in [-0.3, -0.25) is 10.1 Å². The molecule has 7 heteroatoms. The second-order valence-electron chi connectivity index (χ2n) is 3.38. The lowest BCUT2D eigenvalue weighted by atomic mass is 9.83. The van der Waals surface area contributed by atoms with Crippen molar-refractivity contribution in [2.75, 3.05) is 13.2 Å². The first-order valence-corrected chi connectivity index (χ1v) is 4.15. The molecule has 14 heavy (non-hydrogen) atoms. The smallest absolute Gasteiger partial charge is 0.242 e. The summed E-state index contributed by atoms with van der Waals surface area (Å²) in [5.74, 6) is -0.974. The maximum absolute atomic E-state index is 11.0. The fourth-order valence-corrected chi connectivity index (χ4v) is 1.47. The van der Waals surface area contributed by atoms with Crippen LogP contribution in [0, 0.1) is 0 Å². The largest absolute Gasteiger partial charge is 0.394 e. The molecular formula is C7H14N2O5. The lowest BCUT2D eigenvalue weighted by Crippen LogP contribution is -2.74. The Morgan fingerprint density at radius 3 is 2.50 bits per heavy atom. The van der Waals surface area contributed by atoms with Crippen LogP contribution in [0.25, 0.3) is 0 Å². The third kappa shape index (κ3) is 1.49. The first kappa shape index (κ1) is 11.3.